The summed E-state index contributed by atoms with van der Waals surface area (Å²) < 4.78 is 13.4. The molecular weight excluding hydrogens is 494 g/mol. The van der Waals surface area contributed by atoms with Crippen LogP contribution in [0.2, 0.25) is 0 Å². The molecule has 15 heteroatoms. The molecule has 1 saturated heterocycles. The first-order valence-electron chi connectivity index (χ1n) is 11.5. The Morgan fingerprint density at radius 3 is 2.43 bits per heavy atom. The van der Waals surface area contributed by atoms with Crippen LogP contribution in [0.4, 0.5) is 0 Å². The van der Waals surface area contributed by atoms with Crippen molar-refractivity contribution in [2.75, 3.05) is 26.3 Å². The minimum Gasteiger partial charge on any atom is -0.480 e. The number of carbonyl (C=O) groups is 2. The molecule has 0 saturated carbocycles. The van der Waals surface area contributed by atoms with E-state index in [4.69, 9.17) is 14.6 Å². The van der Waals surface area contributed by atoms with Gasteiger partial charge < -0.3 is 24.6 Å². The molecule has 2 aromatic rings. The summed E-state index contributed by atoms with van der Waals surface area (Å²) in [4.78, 5) is 76.2. The highest BCUT2D eigenvalue weighted by Gasteiger charge is 2.35. The molecule has 3 heterocycles. The number of H-pyrrole nitrogens is 2. The molecule has 1 fully saturated rings. The van der Waals surface area contributed by atoms with E-state index in [1.54, 1.807) is 6.92 Å². The van der Waals surface area contributed by atoms with Crippen LogP contribution in [0.3, 0.4) is 0 Å². The van der Waals surface area contributed by atoms with Crippen molar-refractivity contribution in [3.05, 3.63) is 65.2 Å². The number of aliphatic hydroxyl groups excluding tert-OH is 1. The number of nitrogens with zero attached hydrogens (tertiary/aromatic N) is 3. The molecule has 3 atom stereocenters. The third-order valence-electron chi connectivity index (χ3n) is 5.83. The number of nitrogens with one attached hydrogen (secondary N) is 2. The van der Waals surface area contributed by atoms with E-state index < -0.39 is 65.9 Å². The van der Waals surface area contributed by atoms with E-state index in [-0.39, 0.29) is 38.2 Å². The molecule has 15 nitrogen and oxygen atoms in total. The zero-order valence-corrected chi connectivity index (χ0v) is 20.3. The number of carbonyl (C=O) groups excluding carboxylic acids is 1. The van der Waals surface area contributed by atoms with E-state index in [0.29, 0.717) is 5.56 Å². The number of amides is 1. The molecule has 1 amide bonds. The molecule has 1 aliphatic heterocycles. The summed E-state index contributed by atoms with van der Waals surface area (Å²) in [5.41, 5.74) is -1.97. The average molecular weight is 523 g/mol. The van der Waals surface area contributed by atoms with Gasteiger partial charge in [0.2, 0.25) is 5.91 Å². The molecule has 2 aromatic heterocycles. The molecule has 3 rings (SSSR count). The molecule has 0 aromatic carbocycles. The van der Waals surface area contributed by atoms with E-state index in [9.17, 15) is 33.9 Å². The van der Waals surface area contributed by atoms with Gasteiger partial charge in [0.1, 0.15) is 25.4 Å². The smallest absolute Gasteiger partial charge is 0.330 e. The molecular formula is C22H29N5O10. The van der Waals surface area contributed by atoms with E-state index >= 15 is 0 Å². The van der Waals surface area contributed by atoms with Gasteiger partial charge in [-0.25, -0.2) is 9.59 Å². The van der Waals surface area contributed by atoms with Crippen molar-refractivity contribution in [2.24, 2.45) is 0 Å². The quantitative estimate of drug-likeness (QED) is 0.231. The second-order valence-corrected chi connectivity index (χ2v) is 8.75. The van der Waals surface area contributed by atoms with Crippen LogP contribution in [0.1, 0.15) is 30.2 Å². The lowest BCUT2D eigenvalue weighted by atomic mass is 10.2. The minimum atomic E-state index is -1.24. The number of carboxylic acids is 1. The fourth-order valence-electron chi connectivity index (χ4n) is 3.83. The Balaban J connectivity index is 1.50. The number of aryl methyl sites for hydroxylation is 2. The Morgan fingerprint density at radius 1 is 1.11 bits per heavy atom. The molecule has 0 bridgehead atoms. The van der Waals surface area contributed by atoms with Gasteiger partial charge in [-0.2, -0.15) is 0 Å². The molecule has 0 spiro atoms. The van der Waals surface area contributed by atoms with E-state index in [1.165, 1.54) is 23.9 Å². The van der Waals surface area contributed by atoms with Gasteiger partial charge in [0.05, 0.1) is 12.7 Å². The number of hydrogen-bond donors (Lipinski definition) is 4. The predicted molar refractivity (Wildman–Crippen MR) is 126 cm³/mol. The second-order valence-electron chi connectivity index (χ2n) is 8.75. The second kappa shape index (κ2) is 11.9. The zero-order valence-electron chi connectivity index (χ0n) is 20.3. The first-order valence-corrected chi connectivity index (χ1v) is 11.5. The Morgan fingerprint density at radius 2 is 1.76 bits per heavy atom. The van der Waals surface area contributed by atoms with E-state index in [1.807, 2.05) is 0 Å². The van der Waals surface area contributed by atoms with Crippen LogP contribution in [0.5, 0.6) is 0 Å². The van der Waals surface area contributed by atoms with Gasteiger partial charge in [0.15, 0.2) is 0 Å². The van der Waals surface area contributed by atoms with Gasteiger partial charge in [0, 0.05) is 43.1 Å². The fraction of sp³-hybridized carbons (Fsp3) is 0.545. The van der Waals surface area contributed by atoms with Crippen molar-refractivity contribution >= 4 is 11.9 Å². The molecule has 202 valence electrons. The van der Waals surface area contributed by atoms with Crippen LogP contribution < -0.4 is 22.5 Å². The van der Waals surface area contributed by atoms with Crippen molar-refractivity contribution in [2.45, 2.75) is 51.7 Å². The van der Waals surface area contributed by atoms with Gasteiger partial charge in [0.25, 0.3) is 11.1 Å². The Bertz CT molecular complexity index is 1370. The van der Waals surface area contributed by atoms with Gasteiger partial charge in [-0.3, -0.25) is 38.3 Å². The van der Waals surface area contributed by atoms with Crippen molar-refractivity contribution in [1.82, 2.24) is 24.0 Å². The number of aromatic amines is 2. The predicted octanol–water partition coefficient (Wildman–Crippen LogP) is -2.33. The highest BCUT2D eigenvalue weighted by atomic mass is 16.6. The Hall–Kier alpha value is -3.82. The standard InChI is InChI=1S/C22H29N5O10/c1-12-7-26(21(34)23-19(12)32)9-16(29)25(10-18(30)31)4-3-5-36-11-15-14(28)6-17(37-15)27-8-13(2)20(33)24-22(27)35/h7-8,14-15,17,28H,3-6,9-11H2,1-2H3,(H,30,31)(H,23,32,34)(H,24,33,35)/t14-,15+,17+/m0/s1. The summed E-state index contributed by atoms with van der Waals surface area (Å²) in [5, 5.41) is 19.4. The van der Waals surface area contributed by atoms with E-state index in [2.05, 4.69) is 9.97 Å². The number of rotatable bonds is 11. The summed E-state index contributed by atoms with van der Waals surface area (Å²) in [6.07, 6.45) is 0.509. The van der Waals surface area contributed by atoms with E-state index in [0.717, 1.165) is 9.47 Å². The maximum absolute atomic E-state index is 12.6. The van der Waals surface area contributed by atoms with Crippen LogP contribution in [-0.4, -0.2) is 84.6 Å². The third kappa shape index (κ3) is 7.12. The number of hydrogen-bond acceptors (Lipinski definition) is 9. The first kappa shape index (κ1) is 27.8. The SMILES string of the molecule is Cc1cn(CC(=O)N(CCCOC[C@H]2O[C@@H](n3cc(C)c(=O)[nH]c3=O)C[C@@H]2O)CC(=O)O)c(=O)[nH]c1=O. The Kier molecular flexibility index (Phi) is 8.96. The molecule has 0 aliphatic carbocycles. The first-order chi connectivity index (χ1) is 17.5. The summed E-state index contributed by atoms with van der Waals surface area (Å²) in [5.74, 6) is -1.87. The molecule has 0 unspecified atom stereocenters. The normalized spacial score (nSPS) is 19.2. The summed E-state index contributed by atoms with van der Waals surface area (Å²) >= 11 is 0. The number of aliphatic hydroxyl groups is 1. The maximum atomic E-state index is 12.6. The molecule has 0 radical (unpaired) electrons. The lowest BCUT2D eigenvalue weighted by Crippen LogP contribution is -2.41. The fourth-order valence-corrected chi connectivity index (χ4v) is 3.83. The van der Waals surface area contributed by atoms with Crippen molar-refractivity contribution in [3.63, 3.8) is 0 Å². The summed E-state index contributed by atoms with van der Waals surface area (Å²) in [7, 11) is 0. The number of carboxylic acid groups (broad SMARTS) is 1. The molecule has 4 N–H and O–H groups in total. The highest BCUT2D eigenvalue weighted by molar-refractivity contribution is 5.81. The third-order valence-corrected chi connectivity index (χ3v) is 5.83. The van der Waals surface area contributed by atoms with Crippen molar-refractivity contribution < 1.29 is 29.3 Å². The molecule has 37 heavy (non-hydrogen) atoms. The van der Waals surface area contributed by atoms with Gasteiger partial charge in [-0.15, -0.1) is 0 Å². The van der Waals surface area contributed by atoms with Crippen LogP contribution in [0.15, 0.2) is 31.6 Å². The maximum Gasteiger partial charge on any atom is 0.330 e. The van der Waals surface area contributed by atoms with Gasteiger partial charge in [-0.05, 0) is 20.3 Å². The van der Waals surface area contributed by atoms with Gasteiger partial charge >= 0.3 is 17.3 Å². The lowest BCUT2D eigenvalue weighted by Gasteiger charge is -2.21. The number of ether oxygens (including phenoxy) is 2. The lowest BCUT2D eigenvalue weighted by molar-refractivity contribution is -0.145. The summed E-state index contributed by atoms with van der Waals surface area (Å²) in [6.45, 7) is 2.08. The zero-order chi connectivity index (χ0) is 27.3. The number of aromatic nitrogens is 4. The van der Waals surface area contributed by atoms with Crippen molar-refractivity contribution in [3.8, 4) is 0 Å². The van der Waals surface area contributed by atoms with Crippen LogP contribution >= 0.6 is 0 Å². The monoisotopic (exact) mass is 523 g/mol. The average Bonchev–Trinajstić information content (AvgIpc) is 3.18. The number of aliphatic carboxylic acids is 1. The molecule has 1 aliphatic rings. The van der Waals surface area contributed by atoms with Crippen LogP contribution in [0, 0.1) is 13.8 Å². The highest BCUT2D eigenvalue weighted by Crippen LogP contribution is 2.27. The largest absolute Gasteiger partial charge is 0.480 e. The van der Waals surface area contributed by atoms with Crippen molar-refractivity contribution in [1.29, 1.82) is 0 Å². The topological polar surface area (TPSA) is 206 Å². The van der Waals surface area contributed by atoms with Crippen LogP contribution in [-0.2, 0) is 25.6 Å². The van der Waals surface area contributed by atoms with Crippen LogP contribution in [0.25, 0.3) is 0 Å². The minimum absolute atomic E-state index is 0.0188. The summed E-state index contributed by atoms with van der Waals surface area (Å²) in [6, 6.07) is 0. The Labute approximate surface area is 208 Å². The van der Waals surface area contributed by atoms with Gasteiger partial charge in [-0.1, -0.05) is 0 Å².